The molecule has 0 unspecified atom stereocenters. The van der Waals surface area contributed by atoms with E-state index in [9.17, 15) is 27.2 Å². The number of amides is 2. The van der Waals surface area contributed by atoms with Gasteiger partial charge in [0.2, 0.25) is 5.91 Å². The van der Waals surface area contributed by atoms with Gasteiger partial charge in [0, 0.05) is 20.6 Å². The molecule has 0 spiro atoms. The second-order valence-corrected chi connectivity index (χ2v) is 6.19. The largest absolute Gasteiger partial charge is 0.343 e. The summed E-state index contributed by atoms with van der Waals surface area (Å²) in [6.45, 7) is 1.27. The van der Waals surface area contributed by atoms with E-state index >= 15 is 0 Å². The van der Waals surface area contributed by atoms with E-state index in [2.05, 4.69) is 15.5 Å². The van der Waals surface area contributed by atoms with Crippen molar-refractivity contribution in [1.82, 2.24) is 24.5 Å². The zero-order valence-corrected chi connectivity index (χ0v) is 15.8. The van der Waals surface area contributed by atoms with Crippen molar-refractivity contribution in [2.24, 2.45) is 0 Å². The summed E-state index contributed by atoms with van der Waals surface area (Å²) in [7, 11) is 3.01. The topological polar surface area (TPSA) is 85.0 Å². The fourth-order valence-corrected chi connectivity index (χ4v) is 2.72. The lowest BCUT2D eigenvalue weighted by Gasteiger charge is -2.14. The number of carbonyl (C=O) groups is 2. The Hall–Kier alpha value is -2.63. The van der Waals surface area contributed by atoms with Crippen LogP contribution in [0.2, 0.25) is 5.02 Å². The van der Waals surface area contributed by atoms with Crippen molar-refractivity contribution in [3.8, 4) is 0 Å². The Morgan fingerprint density at radius 1 is 1.21 bits per heavy atom. The van der Waals surface area contributed by atoms with E-state index in [4.69, 9.17) is 11.6 Å². The molecule has 2 amide bonds. The summed E-state index contributed by atoms with van der Waals surface area (Å²) in [5.74, 6) is -1.31. The molecule has 0 aliphatic heterocycles. The van der Waals surface area contributed by atoms with Crippen LogP contribution in [0.5, 0.6) is 0 Å². The molecule has 154 valence electrons. The van der Waals surface area contributed by atoms with Gasteiger partial charge in [-0.15, -0.1) is 0 Å². The van der Waals surface area contributed by atoms with Crippen molar-refractivity contribution in [3.05, 3.63) is 28.3 Å². The molecule has 13 heteroatoms. The Bertz CT molecular complexity index is 880. The minimum Gasteiger partial charge on any atom is -0.343 e. The highest BCUT2D eigenvalue weighted by Crippen LogP contribution is 2.34. The summed E-state index contributed by atoms with van der Waals surface area (Å²) in [4.78, 5) is 25.9. The normalized spacial score (nSPS) is 11.4. The number of rotatable bonds is 7. The molecule has 0 bridgehead atoms. The van der Waals surface area contributed by atoms with E-state index < -0.39 is 47.6 Å². The summed E-state index contributed by atoms with van der Waals surface area (Å²) in [5, 5.41) is 8.77. The third kappa shape index (κ3) is 4.26. The quantitative estimate of drug-likeness (QED) is 0.692. The van der Waals surface area contributed by atoms with Crippen LogP contribution in [0.3, 0.4) is 0 Å². The lowest BCUT2D eigenvalue weighted by Crippen LogP contribution is -2.27. The molecule has 0 aromatic carbocycles. The Balaban J connectivity index is 2.30. The smallest absolute Gasteiger partial charge is 0.283 e. The van der Waals surface area contributed by atoms with Crippen molar-refractivity contribution < 1.29 is 27.2 Å². The number of anilines is 1. The molecule has 2 aromatic heterocycles. The first-order chi connectivity index (χ1) is 13.1. The lowest BCUT2D eigenvalue weighted by molar-refractivity contribution is -0.117. The van der Waals surface area contributed by atoms with Crippen LogP contribution < -0.4 is 5.32 Å². The van der Waals surface area contributed by atoms with Crippen LogP contribution >= 0.6 is 11.6 Å². The zero-order chi connectivity index (χ0) is 21.2. The monoisotopic (exact) mass is 424 g/mol. The summed E-state index contributed by atoms with van der Waals surface area (Å²) in [6.07, 6.45) is -5.16. The maximum atomic E-state index is 13.2. The average Bonchev–Trinajstić information content (AvgIpc) is 3.14. The van der Waals surface area contributed by atoms with Gasteiger partial charge in [-0.1, -0.05) is 11.6 Å². The number of nitrogens with one attached hydrogen (secondary N) is 1. The van der Waals surface area contributed by atoms with E-state index in [-0.39, 0.29) is 11.4 Å². The number of aromatic nitrogens is 4. The summed E-state index contributed by atoms with van der Waals surface area (Å²) >= 11 is 5.55. The second kappa shape index (κ2) is 8.59. The van der Waals surface area contributed by atoms with Crippen molar-refractivity contribution >= 4 is 29.1 Å². The number of halogens is 5. The van der Waals surface area contributed by atoms with Gasteiger partial charge < -0.3 is 10.2 Å². The fourth-order valence-electron chi connectivity index (χ4n) is 2.42. The number of alkyl halides is 4. The van der Waals surface area contributed by atoms with Crippen molar-refractivity contribution in [3.63, 3.8) is 0 Å². The summed E-state index contributed by atoms with van der Waals surface area (Å²) in [6, 6.07) is 0. The minimum atomic E-state index is -3.21. The SMILES string of the molecule is CCn1ncc(NC(=O)Cn2nc(C(F)F)c(Cl)c2C(F)F)c1C(=O)N(C)C. The van der Waals surface area contributed by atoms with Gasteiger partial charge in [0.15, 0.2) is 0 Å². The standard InChI is InChI=1S/C15H17ClF4N6O2/c1-4-25-11(15(28)24(2)3)7(5-21-25)22-8(27)6-26-12(14(19)20)9(16)10(23-26)13(17)18/h5,13-14H,4,6H2,1-3H3,(H,22,27). The highest BCUT2D eigenvalue weighted by molar-refractivity contribution is 6.32. The van der Waals surface area contributed by atoms with Gasteiger partial charge in [-0.25, -0.2) is 17.6 Å². The molecule has 0 aliphatic carbocycles. The van der Waals surface area contributed by atoms with Gasteiger partial charge >= 0.3 is 0 Å². The molecule has 2 aromatic rings. The molecule has 28 heavy (non-hydrogen) atoms. The highest BCUT2D eigenvalue weighted by Gasteiger charge is 2.29. The Morgan fingerprint density at radius 3 is 2.36 bits per heavy atom. The average molecular weight is 425 g/mol. The third-order valence-electron chi connectivity index (χ3n) is 3.68. The molecule has 8 nitrogen and oxygen atoms in total. The Morgan fingerprint density at radius 2 is 1.86 bits per heavy atom. The van der Waals surface area contributed by atoms with Crippen LogP contribution in [-0.2, 0) is 17.9 Å². The number of carbonyl (C=O) groups excluding carboxylic acids is 2. The second-order valence-electron chi connectivity index (χ2n) is 5.81. The minimum absolute atomic E-state index is 0.0523. The summed E-state index contributed by atoms with van der Waals surface area (Å²) in [5.41, 5.74) is -1.88. The van der Waals surface area contributed by atoms with Crippen LogP contribution in [0.15, 0.2) is 6.20 Å². The third-order valence-corrected chi connectivity index (χ3v) is 4.07. The fraction of sp³-hybridized carbons (Fsp3) is 0.467. The molecule has 0 aliphatic rings. The highest BCUT2D eigenvalue weighted by atomic mass is 35.5. The van der Waals surface area contributed by atoms with Crippen LogP contribution in [0, 0.1) is 0 Å². The van der Waals surface area contributed by atoms with Gasteiger partial charge in [-0.05, 0) is 6.92 Å². The van der Waals surface area contributed by atoms with Crippen LogP contribution in [0.25, 0.3) is 0 Å². The maximum Gasteiger partial charge on any atom is 0.283 e. The maximum absolute atomic E-state index is 13.2. The Labute approximate surface area is 162 Å². The van der Waals surface area contributed by atoms with Crippen LogP contribution in [0.1, 0.15) is 41.7 Å². The number of hydrogen-bond donors (Lipinski definition) is 1. The predicted octanol–water partition coefficient (Wildman–Crippen LogP) is 2.97. The van der Waals surface area contributed by atoms with Gasteiger partial charge in [0.25, 0.3) is 18.8 Å². The van der Waals surface area contributed by atoms with E-state index in [1.54, 1.807) is 6.92 Å². The first-order valence-corrected chi connectivity index (χ1v) is 8.35. The van der Waals surface area contributed by atoms with E-state index in [0.717, 1.165) is 0 Å². The first-order valence-electron chi connectivity index (χ1n) is 7.98. The van der Waals surface area contributed by atoms with Gasteiger partial charge in [-0.2, -0.15) is 10.2 Å². The number of aryl methyl sites for hydroxylation is 1. The van der Waals surface area contributed by atoms with Gasteiger partial charge in [-0.3, -0.25) is 19.0 Å². The van der Waals surface area contributed by atoms with Crippen molar-refractivity contribution in [1.29, 1.82) is 0 Å². The zero-order valence-electron chi connectivity index (χ0n) is 15.1. The van der Waals surface area contributed by atoms with Gasteiger partial charge in [0.05, 0.1) is 16.9 Å². The molecule has 0 atom stereocenters. The van der Waals surface area contributed by atoms with Crippen LogP contribution in [0.4, 0.5) is 23.2 Å². The molecule has 0 saturated heterocycles. The molecule has 0 fully saturated rings. The van der Waals surface area contributed by atoms with Crippen LogP contribution in [-0.4, -0.2) is 50.4 Å². The molecule has 2 heterocycles. The Kier molecular flexibility index (Phi) is 6.65. The number of hydrogen-bond acceptors (Lipinski definition) is 4. The summed E-state index contributed by atoms with van der Waals surface area (Å²) < 4.78 is 53.8. The number of nitrogens with zero attached hydrogens (tertiary/aromatic N) is 5. The van der Waals surface area contributed by atoms with Gasteiger partial charge in [0.1, 0.15) is 23.6 Å². The molecular formula is C15H17ClF4N6O2. The lowest BCUT2D eigenvalue weighted by atomic mass is 10.3. The predicted molar refractivity (Wildman–Crippen MR) is 91.7 cm³/mol. The molecule has 0 radical (unpaired) electrons. The van der Waals surface area contributed by atoms with Crippen molar-refractivity contribution in [2.75, 3.05) is 19.4 Å². The first kappa shape index (κ1) is 21.7. The molecular weight excluding hydrogens is 408 g/mol. The van der Waals surface area contributed by atoms with E-state index in [0.29, 0.717) is 11.2 Å². The molecule has 1 N–H and O–H groups in total. The van der Waals surface area contributed by atoms with E-state index in [1.165, 1.54) is 29.9 Å². The molecule has 0 saturated carbocycles. The molecule has 2 rings (SSSR count). The van der Waals surface area contributed by atoms with Crippen molar-refractivity contribution in [2.45, 2.75) is 32.9 Å². The van der Waals surface area contributed by atoms with E-state index in [1.807, 2.05) is 0 Å².